The van der Waals surface area contributed by atoms with E-state index in [0.717, 1.165) is 35.5 Å². The number of ether oxygens (including phenoxy) is 3. The van der Waals surface area contributed by atoms with Crippen LogP contribution in [0.2, 0.25) is 0 Å². The number of para-hydroxylation sites is 2. The van der Waals surface area contributed by atoms with Gasteiger partial charge < -0.3 is 19.1 Å². The van der Waals surface area contributed by atoms with Crippen LogP contribution in [0.5, 0.6) is 11.5 Å². The van der Waals surface area contributed by atoms with E-state index in [1.54, 1.807) is 12.0 Å². The van der Waals surface area contributed by atoms with E-state index in [4.69, 9.17) is 14.2 Å². The van der Waals surface area contributed by atoms with E-state index >= 15 is 0 Å². The van der Waals surface area contributed by atoms with Crippen molar-refractivity contribution in [2.75, 3.05) is 33.9 Å². The maximum atomic E-state index is 13.3. The Labute approximate surface area is 188 Å². The van der Waals surface area contributed by atoms with E-state index in [0.29, 0.717) is 26.1 Å². The van der Waals surface area contributed by atoms with Gasteiger partial charge in [0.15, 0.2) is 0 Å². The lowest BCUT2D eigenvalue weighted by atomic mass is 10.0. The van der Waals surface area contributed by atoms with Crippen molar-refractivity contribution >= 4 is 11.9 Å². The lowest BCUT2D eigenvalue weighted by Gasteiger charge is -2.35. The normalized spacial score (nSPS) is 21.1. The first kappa shape index (κ1) is 22.1. The number of benzene rings is 2. The molecule has 2 aliphatic rings. The molecule has 0 saturated carbocycles. The molecule has 2 unspecified atom stereocenters. The number of hydrogen-bond acceptors (Lipinski definition) is 6. The van der Waals surface area contributed by atoms with Gasteiger partial charge in [-0.15, -0.1) is 0 Å². The first-order valence-corrected chi connectivity index (χ1v) is 11.1. The monoisotopic (exact) mass is 438 g/mol. The Morgan fingerprint density at radius 3 is 2.66 bits per heavy atom. The number of rotatable bonds is 5. The van der Waals surface area contributed by atoms with E-state index in [1.165, 1.54) is 7.11 Å². The standard InChI is InChI=1S/C25H30N2O5/c1-30-22-13-6-4-10-19(22)23-16-26(15-18-9-3-5-12-21(18)32-23)17-24(28)27-14-8-7-11-20(27)25(29)31-2/h3-6,9-10,12-13,20,23H,7-8,11,14-17H2,1-2H3. The number of piperidine rings is 1. The number of fused-ring (bicyclic) bond motifs is 1. The van der Waals surface area contributed by atoms with E-state index in [2.05, 4.69) is 4.90 Å². The largest absolute Gasteiger partial charge is 0.496 e. The molecule has 7 heteroatoms. The van der Waals surface area contributed by atoms with Crippen molar-refractivity contribution in [3.8, 4) is 11.5 Å². The first-order chi connectivity index (χ1) is 15.6. The molecule has 0 aromatic heterocycles. The summed E-state index contributed by atoms with van der Waals surface area (Å²) in [4.78, 5) is 29.3. The maximum Gasteiger partial charge on any atom is 0.328 e. The van der Waals surface area contributed by atoms with Crippen LogP contribution < -0.4 is 9.47 Å². The molecule has 1 saturated heterocycles. The average molecular weight is 439 g/mol. The molecule has 2 aliphatic heterocycles. The number of likely N-dealkylation sites (tertiary alicyclic amines) is 1. The third-order valence-electron chi connectivity index (χ3n) is 6.20. The lowest BCUT2D eigenvalue weighted by molar-refractivity contribution is -0.155. The average Bonchev–Trinajstić information content (AvgIpc) is 3.02. The number of methoxy groups -OCH3 is 2. The van der Waals surface area contributed by atoms with Crippen molar-refractivity contribution < 1.29 is 23.8 Å². The van der Waals surface area contributed by atoms with Crippen LogP contribution in [-0.2, 0) is 20.9 Å². The van der Waals surface area contributed by atoms with E-state index < -0.39 is 6.04 Å². The highest BCUT2D eigenvalue weighted by atomic mass is 16.5. The highest BCUT2D eigenvalue weighted by molar-refractivity contribution is 5.85. The highest BCUT2D eigenvalue weighted by Gasteiger charge is 2.34. The number of carbonyl (C=O) groups excluding carboxylic acids is 2. The number of esters is 1. The Hall–Kier alpha value is -3.06. The molecule has 1 amide bonds. The van der Waals surface area contributed by atoms with Gasteiger partial charge in [-0.2, -0.15) is 0 Å². The molecule has 170 valence electrons. The summed E-state index contributed by atoms with van der Waals surface area (Å²) in [5, 5.41) is 0. The molecule has 0 bridgehead atoms. The van der Waals surface area contributed by atoms with Gasteiger partial charge in [-0.05, 0) is 31.4 Å². The molecule has 1 fully saturated rings. The second-order valence-corrected chi connectivity index (χ2v) is 8.25. The Morgan fingerprint density at radius 1 is 1.06 bits per heavy atom. The molecule has 0 radical (unpaired) electrons. The van der Waals surface area contributed by atoms with Crippen molar-refractivity contribution in [1.29, 1.82) is 0 Å². The number of hydrogen-bond donors (Lipinski definition) is 0. The molecule has 0 spiro atoms. The van der Waals surface area contributed by atoms with Crippen LogP contribution in [0.4, 0.5) is 0 Å². The molecule has 2 aromatic rings. The summed E-state index contributed by atoms with van der Waals surface area (Å²) in [6.07, 6.45) is 2.17. The van der Waals surface area contributed by atoms with E-state index in [1.807, 2.05) is 48.5 Å². The fourth-order valence-electron chi connectivity index (χ4n) is 4.59. The Balaban J connectivity index is 1.58. The zero-order chi connectivity index (χ0) is 22.5. The third kappa shape index (κ3) is 4.72. The van der Waals surface area contributed by atoms with Crippen LogP contribution in [-0.4, -0.2) is 61.6 Å². The second kappa shape index (κ2) is 10.0. The topological polar surface area (TPSA) is 68.3 Å². The SMILES string of the molecule is COC(=O)C1CCCCN1C(=O)CN1Cc2ccccc2OC(c2ccccc2OC)C1. The number of carbonyl (C=O) groups is 2. The van der Waals surface area contributed by atoms with Crippen LogP contribution in [0.3, 0.4) is 0 Å². The summed E-state index contributed by atoms with van der Waals surface area (Å²) in [6, 6.07) is 15.2. The van der Waals surface area contributed by atoms with Gasteiger partial charge in [0.1, 0.15) is 23.6 Å². The van der Waals surface area contributed by atoms with Gasteiger partial charge in [0, 0.05) is 30.8 Å². The van der Waals surface area contributed by atoms with Crippen molar-refractivity contribution in [1.82, 2.24) is 9.80 Å². The van der Waals surface area contributed by atoms with Crippen LogP contribution >= 0.6 is 0 Å². The summed E-state index contributed by atoms with van der Waals surface area (Å²) in [5.74, 6) is 1.17. The fraction of sp³-hybridized carbons (Fsp3) is 0.440. The summed E-state index contributed by atoms with van der Waals surface area (Å²) < 4.78 is 16.9. The molecule has 2 atom stereocenters. The van der Waals surface area contributed by atoms with Gasteiger partial charge in [0.2, 0.25) is 5.91 Å². The zero-order valence-electron chi connectivity index (χ0n) is 18.7. The minimum absolute atomic E-state index is 0.0572. The summed E-state index contributed by atoms with van der Waals surface area (Å²) >= 11 is 0. The zero-order valence-corrected chi connectivity index (χ0v) is 18.7. The molecule has 2 heterocycles. The summed E-state index contributed by atoms with van der Waals surface area (Å²) in [7, 11) is 3.02. The van der Waals surface area contributed by atoms with Crippen molar-refractivity contribution in [2.24, 2.45) is 0 Å². The van der Waals surface area contributed by atoms with E-state index in [9.17, 15) is 9.59 Å². The second-order valence-electron chi connectivity index (χ2n) is 8.25. The van der Waals surface area contributed by atoms with Gasteiger partial charge in [0.25, 0.3) is 0 Å². The van der Waals surface area contributed by atoms with Gasteiger partial charge in [-0.1, -0.05) is 36.4 Å². The Kier molecular flexibility index (Phi) is 6.95. The summed E-state index contributed by atoms with van der Waals surface area (Å²) in [6.45, 7) is 1.90. The Bertz CT molecular complexity index is 963. The molecule has 2 aromatic carbocycles. The quantitative estimate of drug-likeness (QED) is 0.668. The fourth-order valence-corrected chi connectivity index (χ4v) is 4.59. The molecule has 0 aliphatic carbocycles. The molecule has 0 N–H and O–H groups in total. The predicted molar refractivity (Wildman–Crippen MR) is 119 cm³/mol. The van der Waals surface area contributed by atoms with Gasteiger partial charge in [-0.25, -0.2) is 4.79 Å². The molecular weight excluding hydrogens is 408 g/mol. The van der Waals surface area contributed by atoms with Gasteiger partial charge >= 0.3 is 5.97 Å². The highest BCUT2D eigenvalue weighted by Crippen LogP contribution is 2.34. The molecule has 32 heavy (non-hydrogen) atoms. The molecule has 4 rings (SSSR count). The number of amides is 1. The van der Waals surface area contributed by atoms with Crippen LogP contribution in [0.15, 0.2) is 48.5 Å². The Morgan fingerprint density at radius 2 is 1.84 bits per heavy atom. The summed E-state index contributed by atoms with van der Waals surface area (Å²) in [5.41, 5.74) is 1.97. The van der Waals surface area contributed by atoms with Crippen molar-refractivity contribution in [2.45, 2.75) is 38.0 Å². The van der Waals surface area contributed by atoms with E-state index in [-0.39, 0.29) is 24.5 Å². The predicted octanol–water partition coefficient (Wildman–Crippen LogP) is 3.19. The van der Waals surface area contributed by atoms with Crippen LogP contribution in [0.1, 0.15) is 36.5 Å². The smallest absolute Gasteiger partial charge is 0.328 e. The minimum atomic E-state index is -0.498. The molecule has 7 nitrogen and oxygen atoms in total. The first-order valence-electron chi connectivity index (χ1n) is 11.1. The lowest BCUT2D eigenvalue weighted by Crippen LogP contribution is -2.51. The van der Waals surface area contributed by atoms with Crippen molar-refractivity contribution in [3.05, 3.63) is 59.7 Å². The van der Waals surface area contributed by atoms with Crippen molar-refractivity contribution in [3.63, 3.8) is 0 Å². The van der Waals surface area contributed by atoms with Gasteiger partial charge in [0.05, 0.1) is 20.8 Å². The minimum Gasteiger partial charge on any atom is -0.496 e. The third-order valence-corrected chi connectivity index (χ3v) is 6.20. The van der Waals surface area contributed by atoms with Crippen LogP contribution in [0, 0.1) is 0 Å². The molecular formula is C25H30N2O5. The van der Waals surface area contributed by atoms with Crippen LogP contribution in [0.25, 0.3) is 0 Å². The maximum absolute atomic E-state index is 13.3. The van der Waals surface area contributed by atoms with Gasteiger partial charge in [-0.3, -0.25) is 9.69 Å². The number of nitrogens with zero attached hydrogens (tertiary/aromatic N) is 2.